The van der Waals surface area contributed by atoms with Crippen molar-refractivity contribution < 1.29 is 19.0 Å². The molecular weight excluding hydrogens is 294 g/mol. The minimum atomic E-state index is -0.635. The molecule has 1 atom stereocenters. The van der Waals surface area contributed by atoms with Crippen LogP contribution >= 0.6 is 0 Å². The Hall–Kier alpha value is -2.69. The van der Waals surface area contributed by atoms with Crippen LogP contribution in [-0.2, 0) is 11.3 Å². The van der Waals surface area contributed by atoms with Crippen molar-refractivity contribution in [1.29, 1.82) is 0 Å². The lowest BCUT2D eigenvalue weighted by Gasteiger charge is -2.29. The van der Waals surface area contributed by atoms with Crippen LogP contribution in [0.15, 0.2) is 48.5 Å². The first-order valence-electron chi connectivity index (χ1n) is 7.44. The number of ether oxygens (including phenoxy) is 3. The number of carbonyl (C=O) groups is 1. The van der Waals surface area contributed by atoms with Crippen molar-refractivity contribution in [1.82, 2.24) is 4.90 Å². The summed E-state index contributed by atoms with van der Waals surface area (Å²) < 4.78 is 16.7. The van der Waals surface area contributed by atoms with Gasteiger partial charge in [-0.15, -0.1) is 0 Å². The molecule has 0 bridgehead atoms. The lowest BCUT2D eigenvalue weighted by atomic mass is 10.1. The molecule has 2 aromatic rings. The Morgan fingerprint density at radius 2 is 1.87 bits per heavy atom. The Bertz CT molecular complexity index is 701. The van der Waals surface area contributed by atoms with Crippen molar-refractivity contribution in [3.63, 3.8) is 0 Å². The number of para-hydroxylation sites is 3. The summed E-state index contributed by atoms with van der Waals surface area (Å²) in [6.45, 7) is 0.663. The van der Waals surface area contributed by atoms with Gasteiger partial charge in [0.15, 0.2) is 11.5 Å². The molecule has 0 saturated carbocycles. The van der Waals surface area contributed by atoms with Crippen LogP contribution in [0.4, 0.5) is 0 Å². The van der Waals surface area contributed by atoms with E-state index in [0.717, 1.165) is 11.3 Å². The average Bonchev–Trinajstić information content (AvgIpc) is 2.61. The Labute approximate surface area is 135 Å². The Morgan fingerprint density at radius 3 is 2.65 bits per heavy atom. The maximum atomic E-state index is 12.6. The number of rotatable bonds is 4. The van der Waals surface area contributed by atoms with E-state index >= 15 is 0 Å². The van der Waals surface area contributed by atoms with Gasteiger partial charge in [0.2, 0.25) is 6.10 Å². The van der Waals surface area contributed by atoms with E-state index < -0.39 is 6.10 Å². The molecule has 1 aliphatic rings. The van der Waals surface area contributed by atoms with Crippen molar-refractivity contribution in [2.45, 2.75) is 12.6 Å². The monoisotopic (exact) mass is 313 g/mol. The summed E-state index contributed by atoms with van der Waals surface area (Å²) in [4.78, 5) is 14.2. The molecule has 0 aromatic heterocycles. The van der Waals surface area contributed by atoms with Gasteiger partial charge >= 0.3 is 0 Å². The molecule has 1 aliphatic heterocycles. The molecule has 1 amide bonds. The van der Waals surface area contributed by atoms with Gasteiger partial charge in [-0.25, -0.2) is 0 Å². The topological polar surface area (TPSA) is 48.0 Å². The fraction of sp³-hybridized carbons (Fsp3) is 0.278. The molecule has 0 radical (unpaired) electrons. The zero-order chi connectivity index (χ0) is 16.2. The number of likely N-dealkylation sites (N-methyl/N-ethyl adjacent to an activating group) is 1. The lowest BCUT2D eigenvalue weighted by molar-refractivity contribution is -0.140. The summed E-state index contributed by atoms with van der Waals surface area (Å²) in [6.07, 6.45) is -0.635. The third-order valence-corrected chi connectivity index (χ3v) is 3.76. The van der Waals surface area contributed by atoms with Gasteiger partial charge in [0.1, 0.15) is 12.4 Å². The summed E-state index contributed by atoms with van der Waals surface area (Å²) in [5, 5.41) is 0. The number of methoxy groups -OCH3 is 1. The summed E-state index contributed by atoms with van der Waals surface area (Å²) >= 11 is 0. The minimum Gasteiger partial charge on any atom is -0.496 e. The first kappa shape index (κ1) is 15.2. The first-order chi connectivity index (χ1) is 11.2. The van der Waals surface area contributed by atoms with Gasteiger partial charge < -0.3 is 19.1 Å². The summed E-state index contributed by atoms with van der Waals surface area (Å²) in [7, 11) is 3.37. The molecule has 0 saturated heterocycles. The van der Waals surface area contributed by atoms with E-state index in [2.05, 4.69) is 0 Å². The summed E-state index contributed by atoms with van der Waals surface area (Å²) in [5.74, 6) is 1.91. The van der Waals surface area contributed by atoms with Gasteiger partial charge in [0.25, 0.3) is 5.91 Å². The number of carbonyl (C=O) groups excluding carboxylic acids is 1. The van der Waals surface area contributed by atoms with Crippen LogP contribution in [0, 0.1) is 0 Å². The Kier molecular flexibility index (Phi) is 4.37. The van der Waals surface area contributed by atoms with Crippen LogP contribution in [0.5, 0.6) is 17.2 Å². The highest BCUT2D eigenvalue weighted by Gasteiger charge is 2.29. The maximum absolute atomic E-state index is 12.6. The van der Waals surface area contributed by atoms with Gasteiger partial charge in [-0.3, -0.25) is 4.79 Å². The Balaban J connectivity index is 1.69. The quantitative estimate of drug-likeness (QED) is 0.870. The Morgan fingerprint density at radius 1 is 1.17 bits per heavy atom. The molecule has 0 unspecified atom stereocenters. The average molecular weight is 313 g/mol. The zero-order valence-corrected chi connectivity index (χ0v) is 13.2. The van der Waals surface area contributed by atoms with Crippen LogP contribution in [0.1, 0.15) is 5.56 Å². The largest absolute Gasteiger partial charge is 0.496 e. The fourth-order valence-electron chi connectivity index (χ4n) is 2.55. The summed E-state index contributed by atoms with van der Waals surface area (Å²) in [6, 6.07) is 15.0. The third-order valence-electron chi connectivity index (χ3n) is 3.76. The number of hydrogen-bond donors (Lipinski definition) is 0. The van der Waals surface area contributed by atoms with E-state index in [0.29, 0.717) is 18.0 Å². The fourth-order valence-corrected chi connectivity index (χ4v) is 2.55. The highest BCUT2D eigenvalue weighted by molar-refractivity contribution is 5.81. The van der Waals surface area contributed by atoms with Crippen molar-refractivity contribution in [2.75, 3.05) is 20.8 Å². The van der Waals surface area contributed by atoms with Gasteiger partial charge in [-0.05, 0) is 18.2 Å². The first-order valence-corrected chi connectivity index (χ1v) is 7.44. The van der Waals surface area contributed by atoms with Gasteiger partial charge in [0.05, 0.1) is 7.11 Å². The molecule has 0 N–H and O–H groups in total. The molecule has 3 rings (SSSR count). The number of nitrogens with zero attached hydrogens (tertiary/aromatic N) is 1. The van der Waals surface area contributed by atoms with Gasteiger partial charge in [-0.1, -0.05) is 30.3 Å². The molecule has 5 heteroatoms. The van der Waals surface area contributed by atoms with Crippen molar-refractivity contribution in [2.24, 2.45) is 0 Å². The van der Waals surface area contributed by atoms with Gasteiger partial charge in [0, 0.05) is 19.2 Å². The molecule has 2 aromatic carbocycles. The predicted molar refractivity (Wildman–Crippen MR) is 85.8 cm³/mol. The van der Waals surface area contributed by atoms with Crippen molar-refractivity contribution in [3.8, 4) is 17.2 Å². The predicted octanol–water partition coefficient (Wildman–Crippen LogP) is 2.49. The number of amides is 1. The highest BCUT2D eigenvalue weighted by atomic mass is 16.6. The molecular formula is C18H19NO4. The summed E-state index contributed by atoms with van der Waals surface area (Å²) in [5.41, 5.74) is 0.947. The molecule has 120 valence electrons. The second-order valence-electron chi connectivity index (χ2n) is 5.37. The second-order valence-corrected chi connectivity index (χ2v) is 5.37. The van der Waals surface area contributed by atoms with Crippen LogP contribution < -0.4 is 14.2 Å². The van der Waals surface area contributed by atoms with E-state index in [-0.39, 0.29) is 12.5 Å². The number of benzene rings is 2. The third kappa shape index (κ3) is 3.23. The van der Waals surface area contributed by atoms with Gasteiger partial charge in [-0.2, -0.15) is 0 Å². The van der Waals surface area contributed by atoms with Crippen LogP contribution in [0.2, 0.25) is 0 Å². The molecule has 0 aliphatic carbocycles. The smallest absolute Gasteiger partial charge is 0.267 e. The van der Waals surface area contributed by atoms with E-state index in [1.807, 2.05) is 42.5 Å². The van der Waals surface area contributed by atoms with Crippen LogP contribution in [0.3, 0.4) is 0 Å². The lowest BCUT2D eigenvalue weighted by Crippen LogP contribution is -2.44. The molecule has 0 fully saturated rings. The van der Waals surface area contributed by atoms with E-state index in [1.165, 1.54) is 0 Å². The number of fused-ring (bicyclic) bond motifs is 1. The van der Waals surface area contributed by atoms with E-state index in [4.69, 9.17) is 14.2 Å². The standard InChI is InChI=1S/C18H19NO4/c1-19(11-13-7-3-4-8-14(13)21-2)18(20)17-12-22-15-9-5-6-10-16(15)23-17/h3-10,17H,11-12H2,1-2H3/t17-/m0/s1. The molecule has 0 spiro atoms. The zero-order valence-electron chi connectivity index (χ0n) is 13.2. The maximum Gasteiger partial charge on any atom is 0.267 e. The van der Waals surface area contributed by atoms with E-state index in [9.17, 15) is 4.79 Å². The highest BCUT2D eigenvalue weighted by Crippen LogP contribution is 2.31. The normalized spacial score (nSPS) is 15.8. The molecule has 1 heterocycles. The van der Waals surface area contributed by atoms with Crippen molar-refractivity contribution >= 4 is 5.91 Å². The van der Waals surface area contributed by atoms with Crippen molar-refractivity contribution in [3.05, 3.63) is 54.1 Å². The molecule has 5 nitrogen and oxygen atoms in total. The minimum absolute atomic E-state index is 0.120. The van der Waals surface area contributed by atoms with Crippen LogP contribution in [0.25, 0.3) is 0 Å². The molecule has 23 heavy (non-hydrogen) atoms. The second kappa shape index (κ2) is 6.60. The van der Waals surface area contributed by atoms with E-state index in [1.54, 1.807) is 25.1 Å². The SMILES string of the molecule is COc1ccccc1CN(C)C(=O)[C@@H]1COc2ccccc2O1. The van der Waals surface area contributed by atoms with Crippen LogP contribution in [-0.4, -0.2) is 37.7 Å². The number of hydrogen-bond acceptors (Lipinski definition) is 4.